The molecule has 0 unspecified atom stereocenters. The molecule has 2 aromatic heterocycles. The molecule has 0 aliphatic rings. The van der Waals surface area contributed by atoms with E-state index in [0.717, 1.165) is 20.8 Å². The van der Waals surface area contributed by atoms with E-state index in [0.29, 0.717) is 16.3 Å². The smallest absolute Gasteiger partial charge is 0.307 e. The first-order valence-corrected chi connectivity index (χ1v) is 9.78. The first-order chi connectivity index (χ1) is 13.1. The van der Waals surface area contributed by atoms with E-state index >= 15 is 0 Å². The van der Waals surface area contributed by atoms with Crippen molar-refractivity contribution in [2.24, 2.45) is 0 Å². The van der Waals surface area contributed by atoms with Crippen LogP contribution in [0.4, 0.5) is 4.39 Å². The molecule has 0 fully saturated rings. The predicted molar refractivity (Wildman–Crippen MR) is 107 cm³/mol. The second-order valence-corrected chi connectivity index (χ2v) is 7.70. The molecule has 0 atom stereocenters. The monoisotopic (exact) mass is 396 g/mol. The SMILES string of the molecule is O=C(O)C/C(=C\c1csc(-c2ccc(F)cc2)n1)c1nc2ccccc2s1. The van der Waals surface area contributed by atoms with E-state index < -0.39 is 5.97 Å². The molecule has 0 saturated carbocycles. The molecule has 27 heavy (non-hydrogen) atoms. The van der Waals surface area contributed by atoms with Gasteiger partial charge >= 0.3 is 5.97 Å². The minimum absolute atomic E-state index is 0.136. The van der Waals surface area contributed by atoms with Gasteiger partial charge in [-0.1, -0.05) is 12.1 Å². The van der Waals surface area contributed by atoms with Crippen LogP contribution in [0.15, 0.2) is 53.9 Å². The molecule has 1 N–H and O–H groups in total. The number of carboxylic acid groups (broad SMARTS) is 1. The van der Waals surface area contributed by atoms with Crippen molar-refractivity contribution in [1.29, 1.82) is 0 Å². The summed E-state index contributed by atoms with van der Waals surface area (Å²) in [5.74, 6) is -1.22. The van der Waals surface area contributed by atoms with Crippen LogP contribution in [0.25, 0.3) is 32.4 Å². The average molecular weight is 396 g/mol. The standard InChI is InChI=1S/C20H13FN2O2S2/c21-14-7-5-12(6-8-14)19-22-15(11-26-19)9-13(10-18(24)25)20-23-16-3-1-2-4-17(16)27-20/h1-9,11H,10H2,(H,24,25)/b13-9+. The number of nitrogens with zero attached hydrogens (tertiary/aromatic N) is 2. The van der Waals surface area contributed by atoms with Crippen LogP contribution in [-0.4, -0.2) is 21.0 Å². The van der Waals surface area contributed by atoms with E-state index in [1.807, 2.05) is 29.6 Å². The third kappa shape index (κ3) is 3.94. The number of halogens is 1. The number of hydrogen-bond donors (Lipinski definition) is 1. The minimum Gasteiger partial charge on any atom is -0.481 e. The Morgan fingerprint density at radius 3 is 2.63 bits per heavy atom. The highest BCUT2D eigenvalue weighted by molar-refractivity contribution is 7.19. The van der Waals surface area contributed by atoms with Gasteiger partial charge in [-0.25, -0.2) is 14.4 Å². The Balaban J connectivity index is 1.71. The number of carboxylic acids is 1. The summed E-state index contributed by atoms with van der Waals surface area (Å²) >= 11 is 2.89. The number of aromatic nitrogens is 2. The summed E-state index contributed by atoms with van der Waals surface area (Å²) in [6.45, 7) is 0. The Kier molecular flexibility index (Phi) is 4.79. The molecule has 2 aromatic carbocycles. The number of carbonyl (C=O) groups is 1. The second kappa shape index (κ2) is 7.38. The maximum Gasteiger partial charge on any atom is 0.307 e. The highest BCUT2D eigenvalue weighted by Crippen LogP contribution is 2.31. The fourth-order valence-electron chi connectivity index (χ4n) is 2.62. The molecular formula is C20H13FN2O2S2. The zero-order chi connectivity index (χ0) is 18.8. The summed E-state index contributed by atoms with van der Waals surface area (Å²) < 4.78 is 14.1. The molecule has 0 saturated heterocycles. The van der Waals surface area contributed by atoms with Crippen LogP contribution >= 0.6 is 22.7 Å². The van der Waals surface area contributed by atoms with E-state index in [9.17, 15) is 14.3 Å². The van der Waals surface area contributed by atoms with Gasteiger partial charge in [0.15, 0.2) is 0 Å². The van der Waals surface area contributed by atoms with Crippen molar-refractivity contribution in [2.45, 2.75) is 6.42 Å². The summed E-state index contributed by atoms with van der Waals surface area (Å²) in [6, 6.07) is 13.8. The molecule has 7 heteroatoms. The van der Waals surface area contributed by atoms with Crippen LogP contribution < -0.4 is 0 Å². The lowest BCUT2D eigenvalue weighted by Gasteiger charge is -1.99. The van der Waals surface area contributed by atoms with E-state index in [4.69, 9.17) is 0 Å². The summed E-state index contributed by atoms with van der Waals surface area (Å²) in [4.78, 5) is 20.4. The van der Waals surface area contributed by atoms with Gasteiger partial charge in [0.25, 0.3) is 0 Å². The van der Waals surface area contributed by atoms with Crippen molar-refractivity contribution in [3.63, 3.8) is 0 Å². The largest absolute Gasteiger partial charge is 0.481 e. The lowest BCUT2D eigenvalue weighted by atomic mass is 10.1. The number of rotatable bonds is 5. The highest BCUT2D eigenvalue weighted by Gasteiger charge is 2.14. The lowest BCUT2D eigenvalue weighted by Crippen LogP contribution is -1.97. The molecule has 4 rings (SSSR count). The van der Waals surface area contributed by atoms with Gasteiger partial charge in [0, 0.05) is 16.5 Å². The Morgan fingerprint density at radius 2 is 1.89 bits per heavy atom. The zero-order valence-corrected chi connectivity index (χ0v) is 15.6. The minimum atomic E-state index is -0.922. The van der Waals surface area contributed by atoms with Gasteiger partial charge in [-0.05, 0) is 42.5 Å². The molecule has 4 aromatic rings. The zero-order valence-electron chi connectivity index (χ0n) is 13.9. The number of benzene rings is 2. The Hall–Kier alpha value is -2.90. The molecule has 0 spiro atoms. The van der Waals surface area contributed by atoms with Gasteiger partial charge in [-0.15, -0.1) is 22.7 Å². The van der Waals surface area contributed by atoms with Crippen LogP contribution in [0.1, 0.15) is 17.1 Å². The lowest BCUT2D eigenvalue weighted by molar-refractivity contribution is -0.135. The molecule has 0 amide bonds. The molecule has 2 heterocycles. The molecule has 0 bridgehead atoms. The Labute approximate surface area is 162 Å². The van der Waals surface area contributed by atoms with Crippen LogP contribution in [0.2, 0.25) is 0 Å². The van der Waals surface area contributed by atoms with Gasteiger partial charge in [0.2, 0.25) is 0 Å². The summed E-state index contributed by atoms with van der Waals surface area (Å²) in [5.41, 5.74) is 2.94. The third-order valence-corrected chi connectivity index (χ3v) is 5.87. The number of hydrogen-bond acceptors (Lipinski definition) is 5. The van der Waals surface area contributed by atoms with Crippen LogP contribution in [-0.2, 0) is 4.79 Å². The fourth-order valence-corrected chi connectivity index (χ4v) is 4.38. The van der Waals surface area contributed by atoms with Gasteiger partial charge in [-0.3, -0.25) is 4.79 Å². The van der Waals surface area contributed by atoms with Crippen molar-refractivity contribution in [2.75, 3.05) is 0 Å². The summed E-state index contributed by atoms with van der Waals surface area (Å²) in [7, 11) is 0. The summed E-state index contributed by atoms with van der Waals surface area (Å²) in [6.07, 6.45) is 1.62. The van der Waals surface area contributed by atoms with E-state index in [2.05, 4.69) is 9.97 Å². The molecule has 134 valence electrons. The van der Waals surface area contributed by atoms with Gasteiger partial charge < -0.3 is 5.11 Å². The second-order valence-electron chi connectivity index (χ2n) is 5.81. The van der Waals surface area contributed by atoms with E-state index in [1.165, 1.54) is 34.8 Å². The fraction of sp³-hybridized carbons (Fsp3) is 0.0500. The molecule has 4 nitrogen and oxygen atoms in total. The van der Waals surface area contributed by atoms with Crippen molar-refractivity contribution in [3.8, 4) is 10.6 Å². The predicted octanol–water partition coefficient (Wildman–Crippen LogP) is 5.57. The summed E-state index contributed by atoms with van der Waals surface area (Å²) in [5, 5.41) is 12.6. The first-order valence-electron chi connectivity index (χ1n) is 8.08. The normalized spacial score (nSPS) is 11.8. The van der Waals surface area contributed by atoms with E-state index in [1.54, 1.807) is 18.2 Å². The third-order valence-electron chi connectivity index (χ3n) is 3.85. The molecular weight excluding hydrogens is 383 g/mol. The number of fused-ring (bicyclic) bond motifs is 1. The maximum atomic E-state index is 13.1. The van der Waals surface area contributed by atoms with Crippen LogP contribution in [0, 0.1) is 5.82 Å². The molecule has 0 aliphatic carbocycles. The average Bonchev–Trinajstić information content (AvgIpc) is 3.28. The topological polar surface area (TPSA) is 63.1 Å². The van der Waals surface area contributed by atoms with Crippen LogP contribution in [0.3, 0.4) is 0 Å². The van der Waals surface area contributed by atoms with Crippen LogP contribution in [0.5, 0.6) is 0 Å². The van der Waals surface area contributed by atoms with Gasteiger partial charge in [-0.2, -0.15) is 0 Å². The Morgan fingerprint density at radius 1 is 1.11 bits per heavy atom. The number of thiazole rings is 2. The molecule has 0 radical (unpaired) electrons. The van der Waals surface area contributed by atoms with Gasteiger partial charge in [0.05, 0.1) is 22.3 Å². The van der Waals surface area contributed by atoms with Crippen molar-refractivity contribution >= 4 is 50.5 Å². The molecule has 0 aliphatic heterocycles. The Bertz CT molecular complexity index is 1110. The number of para-hydroxylation sites is 1. The van der Waals surface area contributed by atoms with E-state index in [-0.39, 0.29) is 12.2 Å². The quantitative estimate of drug-likeness (QED) is 0.479. The number of aliphatic carboxylic acids is 1. The van der Waals surface area contributed by atoms with Crippen molar-refractivity contribution in [1.82, 2.24) is 9.97 Å². The first kappa shape index (κ1) is 17.5. The van der Waals surface area contributed by atoms with Crippen molar-refractivity contribution in [3.05, 3.63) is 70.4 Å². The van der Waals surface area contributed by atoms with Gasteiger partial charge in [0.1, 0.15) is 15.8 Å². The van der Waals surface area contributed by atoms with Crippen molar-refractivity contribution < 1.29 is 14.3 Å². The maximum absolute atomic E-state index is 13.1. The highest BCUT2D eigenvalue weighted by atomic mass is 32.1.